The molecule has 1 rings (SSSR count). The number of hydrogen-bond acceptors (Lipinski definition) is 5. The molecular weight excluding hydrogens is 336 g/mol. The van der Waals surface area contributed by atoms with Gasteiger partial charge in [-0.05, 0) is 45.5 Å². The van der Waals surface area contributed by atoms with Gasteiger partial charge in [0.15, 0.2) is 7.05 Å². The summed E-state index contributed by atoms with van der Waals surface area (Å²) in [6, 6.07) is 3.96. The Kier molecular flexibility index (Phi) is 9.43. The fourth-order valence-electron chi connectivity index (χ4n) is 2.33. The summed E-state index contributed by atoms with van der Waals surface area (Å²) in [6.07, 6.45) is 10.5. The van der Waals surface area contributed by atoms with Crippen molar-refractivity contribution >= 4 is 23.8 Å². The first-order valence-corrected chi connectivity index (χ1v) is 9.00. The molecule has 1 aromatic rings. The number of hydrazine groups is 1. The molecule has 6 nitrogen and oxygen atoms in total. The van der Waals surface area contributed by atoms with Gasteiger partial charge in [0.05, 0.1) is 23.3 Å². The normalized spacial score (nSPS) is 13.0. The standard InChI is InChI=1S/C21H31N6/c1-7-8-14-23-19(18(5)24-16(2)3)11-12-20-21(10-9-17(4)25-20)26-27(6)15-13-22/h8-11,13-15,22-23,26H,2,7,12H2,1,3-6H3/q+1. The third kappa shape index (κ3) is 8.27. The van der Waals surface area contributed by atoms with Gasteiger partial charge in [-0.1, -0.05) is 25.7 Å². The number of aromatic nitrogens is 1. The Labute approximate surface area is 162 Å². The molecule has 1 aromatic heterocycles. The molecule has 0 atom stereocenters. The smallest absolute Gasteiger partial charge is 0.210 e. The zero-order chi connectivity index (χ0) is 20.2. The lowest BCUT2D eigenvalue weighted by molar-refractivity contribution is -0.457. The average molecular weight is 368 g/mol. The molecule has 0 radical (unpaired) electrons. The number of aliphatic imine (C=N–C) groups is 1. The Morgan fingerprint density at radius 3 is 2.74 bits per heavy atom. The number of hydrazone groups is 1. The highest BCUT2D eigenvalue weighted by molar-refractivity contribution is 6.11. The third-order valence-corrected chi connectivity index (χ3v) is 3.55. The van der Waals surface area contributed by atoms with E-state index >= 15 is 0 Å². The molecular formula is C21H31N6+. The molecule has 0 aliphatic heterocycles. The molecule has 3 N–H and O–H groups in total. The van der Waals surface area contributed by atoms with E-state index in [1.165, 1.54) is 6.21 Å². The van der Waals surface area contributed by atoms with E-state index in [2.05, 4.69) is 46.4 Å². The minimum Gasteiger partial charge on any atom is -0.361 e. The van der Waals surface area contributed by atoms with E-state index in [1.54, 1.807) is 10.9 Å². The summed E-state index contributed by atoms with van der Waals surface area (Å²) in [7, 11) is 1.84. The minimum atomic E-state index is 0.633. The Bertz CT molecular complexity index is 784. The van der Waals surface area contributed by atoms with Crippen LogP contribution in [0.3, 0.4) is 0 Å². The molecule has 0 aromatic carbocycles. The molecule has 0 aliphatic carbocycles. The lowest BCUT2D eigenvalue weighted by Gasteiger charge is -2.10. The van der Waals surface area contributed by atoms with Gasteiger partial charge in [-0.25, -0.2) is 0 Å². The number of anilines is 1. The van der Waals surface area contributed by atoms with Gasteiger partial charge in [0, 0.05) is 17.8 Å². The predicted octanol–water partition coefficient (Wildman–Crippen LogP) is 4.01. The molecule has 1 heterocycles. The molecule has 0 saturated carbocycles. The van der Waals surface area contributed by atoms with Crippen molar-refractivity contribution in [1.82, 2.24) is 10.3 Å². The SMILES string of the molecule is C=C(C)N=C(C)C(=CCc1nc(C)ccc1N[N+](C)=CC=N)NC=CCC. The highest BCUT2D eigenvalue weighted by Gasteiger charge is 2.08. The van der Waals surface area contributed by atoms with Crippen molar-refractivity contribution in [3.05, 3.63) is 59.8 Å². The first-order chi connectivity index (χ1) is 12.9. The van der Waals surface area contributed by atoms with Crippen LogP contribution < -0.4 is 10.7 Å². The summed E-state index contributed by atoms with van der Waals surface area (Å²) >= 11 is 0. The number of hydrogen-bond donors (Lipinski definition) is 3. The monoisotopic (exact) mass is 367 g/mol. The van der Waals surface area contributed by atoms with Crippen molar-refractivity contribution in [2.45, 2.75) is 40.5 Å². The summed E-state index contributed by atoms with van der Waals surface area (Å²) in [4.78, 5) is 9.13. The van der Waals surface area contributed by atoms with Crippen LogP contribution in [0.1, 0.15) is 38.6 Å². The predicted molar refractivity (Wildman–Crippen MR) is 116 cm³/mol. The lowest BCUT2D eigenvalue weighted by Crippen LogP contribution is -2.18. The van der Waals surface area contributed by atoms with E-state index in [9.17, 15) is 0 Å². The lowest BCUT2D eigenvalue weighted by atomic mass is 10.1. The Balaban J connectivity index is 3.17. The number of pyridine rings is 1. The quantitative estimate of drug-likeness (QED) is 0.332. The van der Waals surface area contributed by atoms with Gasteiger partial charge in [-0.3, -0.25) is 9.98 Å². The van der Waals surface area contributed by atoms with Crippen LogP contribution in [0.2, 0.25) is 0 Å². The summed E-state index contributed by atoms with van der Waals surface area (Å²) in [5, 5.41) is 10.5. The first-order valence-electron chi connectivity index (χ1n) is 9.00. The summed E-state index contributed by atoms with van der Waals surface area (Å²) in [5.74, 6) is 0. The van der Waals surface area contributed by atoms with Crippen molar-refractivity contribution in [3.63, 3.8) is 0 Å². The number of nitrogens with one attached hydrogen (secondary N) is 3. The van der Waals surface area contributed by atoms with E-state index in [0.29, 0.717) is 6.42 Å². The Morgan fingerprint density at radius 2 is 2.11 bits per heavy atom. The van der Waals surface area contributed by atoms with Crippen LogP contribution in [0.25, 0.3) is 0 Å². The van der Waals surface area contributed by atoms with Crippen LogP contribution >= 0.6 is 0 Å². The Hall–Kier alpha value is -3.02. The fraction of sp³-hybridized carbons (Fsp3) is 0.333. The number of rotatable bonds is 10. The van der Waals surface area contributed by atoms with Crippen molar-refractivity contribution in [2.75, 3.05) is 12.5 Å². The molecule has 144 valence electrons. The second kappa shape index (κ2) is 11.6. The largest absolute Gasteiger partial charge is 0.361 e. The van der Waals surface area contributed by atoms with E-state index in [-0.39, 0.29) is 0 Å². The Morgan fingerprint density at radius 1 is 1.37 bits per heavy atom. The molecule has 0 aliphatic rings. The van der Waals surface area contributed by atoms with Crippen LogP contribution in [0.5, 0.6) is 0 Å². The van der Waals surface area contributed by atoms with Gasteiger partial charge in [0.25, 0.3) is 0 Å². The van der Waals surface area contributed by atoms with Crippen molar-refractivity contribution in [2.24, 2.45) is 4.99 Å². The molecule has 0 fully saturated rings. The van der Waals surface area contributed by atoms with Gasteiger partial charge in [0.2, 0.25) is 6.21 Å². The molecule has 0 spiro atoms. The van der Waals surface area contributed by atoms with E-state index in [4.69, 9.17) is 5.41 Å². The van der Waals surface area contributed by atoms with Crippen LogP contribution in [-0.4, -0.2) is 34.9 Å². The van der Waals surface area contributed by atoms with Crippen LogP contribution in [0.15, 0.2) is 53.5 Å². The molecule has 0 bridgehead atoms. The molecule has 6 heteroatoms. The van der Waals surface area contributed by atoms with Gasteiger partial charge >= 0.3 is 0 Å². The number of allylic oxidation sites excluding steroid dienone is 4. The van der Waals surface area contributed by atoms with Crippen LogP contribution in [0.4, 0.5) is 5.69 Å². The van der Waals surface area contributed by atoms with E-state index < -0.39 is 0 Å². The average Bonchev–Trinajstić information content (AvgIpc) is 2.59. The molecule has 27 heavy (non-hydrogen) atoms. The van der Waals surface area contributed by atoms with Gasteiger partial charge < -0.3 is 10.7 Å². The van der Waals surface area contributed by atoms with Crippen LogP contribution in [0, 0.1) is 12.3 Å². The van der Waals surface area contributed by atoms with Crippen LogP contribution in [-0.2, 0) is 6.42 Å². The maximum Gasteiger partial charge on any atom is 0.210 e. The van der Waals surface area contributed by atoms with Crippen molar-refractivity contribution < 1.29 is 4.68 Å². The highest BCUT2D eigenvalue weighted by atomic mass is 15.4. The number of aryl methyl sites for hydroxylation is 1. The maximum absolute atomic E-state index is 7.18. The topological polar surface area (TPSA) is 76.2 Å². The second-order valence-corrected chi connectivity index (χ2v) is 6.19. The molecule has 0 amide bonds. The van der Waals surface area contributed by atoms with Crippen molar-refractivity contribution in [3.8, 4) is 0 Å². The highest BCUT2D eigenvalue weighted by Crippen LogP contribution is 2.16. The summed E-state index contributed by atoms with van der Waals surface area (Å²) < 4.78 is 1.73. The van der Waals surface area contributed by atoms with E-state index in [1.807, 2.05) is 46.2 Å². The fourth-order valence-corrected chi connectivity index (χ4v) is 2.33. The van der Waals surface area contributed by atoms with Gasteiger partial charge in [-0.15, -0.1) is 4.68 Å². The molecule has 0 unspecified atom stereocenters. The van der Waals surface area contributed by atoms with E-state index in [0.717, 1.165) is 40.6 Å². The van der Waals surface area contributed by atoms with Gasteiger partial charge in [-0.2, -0.15) is 5.43 Å². The first kappa shape index (κ1) is 22.0. The van der Waals surface area contributed by atoms with Gasteiger partial charge in [0.1, 0.15) is 5.69 Å². The zero-order valence-electron chi connectivity index (χ0n) is 17.0. The van der Waals surface area contributed by atoms with Crippen molar-refractivity contribution in [1.29, 1.82) is 5.41 Å². The molecule has 0 saturated heterocycles. The zero-order valence-corrected chi connectivity index (χ0v) is 17.0. The maximum atomic E-state index is 7.18. The summed E-state index contributed by atoms with van der Waals surface area (Å²) in [5.41, 5.74) is 8.57. The third-order valence-electron chi connectivity index (χ3n) is 3.55. The second-order valence-electron chi connectivity index (χ2n) is 6.19. The summed E-state index contributed by atoms with van der Waals surface area (Å²) in [6.45, 7) is 11.8. The minimum absolute atomic E-state index is 0.633. The number of nitrogens with zero attached hydrogens (tertiary/aromatic N) is 3.